The van der Waals surface area contributed by atoms with Gasteiger partial charge in [0.05, 0.1) is 0 Å². The smallest absolute Gasteiger partial charge is 0.243 e. The molecule has 0 saturated heterocycles. The number of aryl methyl sites for hydroxylation is 1. The van der Waals surface area contributed by atoms with Crippen LogP contribution in [0.5, 0.6) is 0 Å². The Kier molecular flexibility index (Phi) is 5.77. The standard InChI is InChI=1S/C19H22N4O2/c24-18(22-25)8-7-15-3-5-16(6-4-15)14-20-11-13-23-12-9-17-2-1-10-21-19(17)23/h1-6,9-10,12,20,25H,7-8,11,13-14H2,(H,22,24). The molecular formula is C19H22N4O2. The number of nitrogens with one attached hydrogen (secondary N) is 2. The highest BCUT2D eigenvalue weighted by molar-refractivity contribution is 5.75. The molecule has 0 aliphatic rings. The van der Waals surface area contributed by atoms with Crippen molar-refractivity contribution in [2.24, 2.45) is 0 Å². The van der Waals surface area contributed by atoms with Gasteiger partial charge in [-0.3, -0.25) is 10.0 Å². The monoisotopic (exact) mass is 338 g/mol. The normalized spacial score (nSPS) is 10.9. The van der Waals surface area contributed by atoms with Crippen LogP contribution in [-0.4, -0.2) is 27.2 Å². The number of rotatable bonds is 8. The largest absolute Gasteiger partial charge is 0.331 e. The van der Waals surface area contributed by atoms with E-state index in [1.807, 2.05) is 24.4 Å². The summed E-state index contributed by atoms with van der Waals surface area (Å²) in [5, 5.41) is 13.1. The highest BCUT2D eigenvalue weighted by Crippen LogP contribution is 2.11. The molecule has 3 aromatic rings. The summed E-state index contributed by atoms with van der Waals surface area (Å²) in [4.78, 5) is 15.4. The lowest BCUT2D eigenvalue weighted by molar-refractivity contribution is -0.129. The molecule has 6 nitrogen and oxygen atoms in total. The van der Waals surface area contributed by atoms with Crippen molar-refractivity contribution in [2.45, 2.75) is 25.9 Å². The van der Waals surface area contributed by atoms with Crippen molar-refractivity contribution in [2.75, 3.05) is 6.54 Å². The number of carbonyl (C=O) groups excluding carboxylic acids is 1. The van der Waals surface area contributed by atoms with Crippen molar-refractivity contribution < 1.29 is 10.0 Å². The van der Waals surface area contributed by atoms with Crippen LogP contribution in [0.15, 0.2) is 54.9 Å². The number of hydroxylamine groups is 1. The topological polar surface area (TPSA) is 79.2 Å². The minimum atomic E-state index is -0.363. The van der Waals surface area contributed by atoms with E-state index in [9.17, 15) is 4.79 Å². The molecule has 0 aliphatic carbocycles. The van der Waals surface area contributed by atoms with Gasteiger partial charge in [0.15, 0.2) is 0 Å². The Morgan fingerprint density at radius 2 is 1.92 bits per heavy atom. The summed E-state index contributed by atoms with van der Waals surface area (Å²) in [6.07, 6.45) is 4.79. The van der Waals surface area contributed by atoms with Gasteiger partial charge in [0.2, 0.25) is 5.91 Å². The van der Waals surface area contributed by atoms with E-state index in [4.69, 9.17) is 5.21 Å². The van der Waals surface area contributed by atoms with Gasteiger partial charge in [-0.05, 0) is 35.7 Å². The van der Waals surface area contributed by atoms with Crippen LogP contribution in [0.2, 0.25) is 0 Å². The van der Waals surface area contributed by atoms with Crippen LogP contribution in [0.3, 0.4) is 0 Å². The molecule has 0 fully saturated rings. The van der Waals surface area contributed by atoms with Gasteiger partial charge >= 0.3 is 0 Å². The number of nitrogens with zero attached hydrogens (tertiary/aromatic N) is 2. The Morgan fingerprint density at radius 1 is 1.12 bits per heavy atom. The summed E-state index contributed by atoms with van der Waals surface area (Å²) < 4.78 is 2.15. The van der Waals surface area contributed by atoms with E-state index in [0.717, 1.165) is 36.2 Å². The zero-order valence-electron chi connectivity index (χ0n) is 14.0. The van der Waals surface area contributed by atoms with Gasteiger partial charge in [0.1, 0.15) is 5.65 Å². The second kappa shape index (κ2) is 8.41. The number of carbonyl (C=O) groups is 1. The Bertz CT molecular complexity index is 827. The van der Waals surface area contributed by atoms with Crippen molar-refractivity contribution in [3.8, 4) is 0 Å². The number of amides is 1. The molecule has 25 heavy (non-hydrogen) atoms. The first-order valence-electron chi connectivity index (χ1n) is 8.37. The molecule has 2 heterocycles. The summed E-state index contributed by atoms with van der Waals surface area (Å²) in [6, 6.07) is 14.3. The van der Waals surface area contributed by atoms with Crippen LogP contribution in [0.1, 0.15) is 17.5 Å². The second-order valence-electron chi connectivity index (χ2n) is 5.95. The molecule has 130 valence electrons. The lowest BCUT2D eigenvalue weighted by Gasteiger charge is -2.08. The molecule has 1 aromatic carbocycles. The van der Waals surface area contributed by atoms with Crippen molar-refractivity contribution in [3.63, 3.8) is 0 Å². The summed E-state index contributed by atoms with van der Waals surface area (Å²) in [5.74, 6) is -0.363. The number of fused-ring (bicyclic) bond motifs is 1. The Hall–Kier alpha value is -2.70. The molecule has 0 saturated carbocycles. The van der Waals surface area contributed by atoms with Gasteiger partial charge < -0.3 is 9.88 Å². The van der Waals surface area contributed by atoms with Gasteiger partial charge in [-0.15, -0.1) is 0 Å². The fraction of sp³-hybridized carbons (Fsp3) is 0.263. The highest BCUT2D eigenvalue weighted by atomic mass is 16.5. The molecule has 2 aromatic heterocycles. The minimum absolute atomic E-state index is 0.285. The maximum atomic E-state index is 11.0. The molecule has 0 unspecified atom stereocenters. The van der Waals surface area contributed by atoms with Gasteiger partial charge in [-0.25, -0.2) is 10.5 Å². The van der Waals surface area contributed by atoms with Crippen LogP contribution in [0.4, 0.5) is 0 Å². The van der Waals surface area contributed by atoms with Gasteiger partial charge in [0.25, 0.3) is 0 Å². The Balaban J connectivity index is 1.43. The second-order valence-corrected chi connectivity index (χ2v) is 5.95. The van der Waals surface area contributed by atoms with Crippen LogP contribution >= 0.6 is 0 Å². The van der Waals surface area contributed by atoms with Gasteiger partial charge in [-0.2, -0.15) is 0 Å². The maximum Gasteiger partial charge on any atom is 0.243 e. The molecule has 0 aliphatic heterocycles. The third-order valence-electron chi connectivity index (χ3n) is 4.17. The summed E-state index contributed by atoms with van der Waals surface area (Å²) in [6.45, 7) is 2.53. The number of pyridine rings is 1. The van der Waals surface area contributed by atoms with Crippen molar-refractivity contribution in [1.82, 2.24) is 20.3 Å². The van der Waals surface area contributed by atoms with E-state index >= 15 is 0 Å². The Morgan fingerprint density at radius 3 is 2.72 bits per heavy atom. The predicted molar refractivity (Wildman–Crippen MR) is 96.1 cm³/mol. The van der Waals surface area contributed by atoms with E-state index < -0.39 is 0 Å². The van der Waals surface area contributed by atoms with Crippen molar-refractivity contribution in [1.29, 1.82) is 0 Å². The van der Waals surface area contributed by atoms with Crippen LogP contribution in [0.25, 0.3) is 11.0 Å². The molecule has 0 bridgehead atoms. The van der Waals surface area contributed by atoms with Crippen LogP contribution in [-0.2, 0) is 24.3 Å². The summed E-state index contributed by atoms with van der Waals surface area (Å²) >= 11 is 0. The first-order valence-corrected chi connectivity index (χ1v) is 8.37. The first-order chi connectivity index (χ1) is 12.3. The predicted octanol–water partition coefficient (Wildman–Crippen LogP) is 2.26. The lowest BCUT2D eigenvalue weighted by atomic mass is 10.1. The minimum Gasteiger partial charge on any atom is -0.331 e. The van der Waals surface area contributed by atoms with E-state index in [0.29, 0.717) is 6.42 Å². The van der Waals surface area contributed by atoms with E-state index in [1.165, 1.54) is 5.56 Å². The molecule has 0 radical (unpaired) electrons. The van der Waals surface area contributed by atoms with Crippen LogP contribution < -0.4 is 10.8 Å². The van der Waals surface area contributed by atoms with Crippen LogP contribution in [0, 0.1) is 0 Å². The quantitative estimate of drug-likeness (QED) is 0.334. The number of hydrogen-bond acceptors (Lipinski definition) is 4. The third-order valence-corrected chi connectivity index (χ3v) is 4.17. The van der Waals surface area contributed by atoms with Crippen molar-refractivity contribution in [3.05, 3.63) is 66.0 Å². The fourth-order valence-electron chi connectivity index (χ4n) is 2.77. The molecule has 0 spiro atoms. The third kappa shape index (κ3) is 4.65. The number of hydrogen-bond donors (Lipinski definition) is 3. The Labute approximate surface area is 146 Å². The van der Waals surface area contributed by atoms with Gasteiger partial charge in [-0.1, -0.05) is 24.3 Å². The molecular weight excluding hydrogens is 316 g/mol. The average molecular weight is 338 g/mol. The number of aromatic nitrogens is 2. The molecule has 0 atom stereocenters. The van der Waals surface area contributed by atoms with Gasteiger partial charge in [0, 0.05) is 43.8 Å². The molecule has 6 heteroatoms. The SMILES string of the molecule is O=C(CCc1ccc(CNCCn2ccc3cccnc32)cc1)NO. The zero-order valence-corrected chi connectivity index (χ0v) is 14.0. The fourth-order valence-corrected chi connectivity index (χ4v) is 2.77. The summed E-state index contributed by atoms with van der Waals surface area (Å²) in [7, 11) is 0. The maximum absolute atomic E-state index is 11.0. The number of benzene rings is 1. The average Bonchev–Trinajstić information content (AvgIpc) is 3.07. The lowest BCUT2D eigenvalue weighted by Crippen LogP contribution is -2.19. The zero-order chi connectivity index (χ0) is 17.5. The molecule has 3 N–H and O–H groups in total. The van der Waals surface area contributed by atoms with E-state index in [-0.39, 0.29) is 12.3 Å². The highest BCUT2D eigenvalue weighted by Gasteiger charge is 2.02. The molecule has 3 rings (SSSR count). The first kappa shape index (κ1) is 17.1. The van der Waals surface area contributed by atoms with E-state index in [1.54, 1.807) is 5.48 Å². The summed E-state index contributed by atoms with van der Waals surface area (Å²) in [5.41, 5.74) is 4.94. The molecule has 1 amide bonds. The van der Waals surface area contributed by atoms with Crippen molar-refractivity contribution >= 4 is 16.9 Å². The van der Waals surface area contributed by atoms with E-state index in [2.05, 4.69) is 45.3 Å².